The molecule has 0 aliphatic carbocycles. The molecule has 0 saturated carbocycles. The van der Waals surface area contributed by atoms with E-state index in [1.807, 2.05) is 42.2 Å². The Bertz CT molecular complexity index is 1130. The molecule has 3 heterocycles. The molecule has 0 unspecified atom stereocenters. The number of fused-ring (bicyclic) bond motifs is 1. The molecule has 32 heavy (non-hydrogen) atoms. The Morgan fingerprint density at radius 3 is 2.78 bits per heavy atom. The number of pyridine rings is 2. The first-order valence-electron chi connectivity index (χ1n) is 11.1. The van der Waals surface area contributed by atoms with E-state index in [4.69, 9.17) is 9.47 Å². The average molecular weight is 435 g/mol. The highest BCUT2D eigenvalue weighted by Crippen LogP contribution is 2.36. The summed E-state index contributed by atoms with van der Waals surface area (Å²) in [5.41, 5.74) is 3.39. The van der Waals surface area contributed by atoms with Crippen molar-refractivity contribution in [1.82, 2.24) is 14.9 Å². The van der Waals surface area contributed by atoms with Crippen molar-refractivity contribution in [3.05, 3.63) is 47.8 Å². The molecule has 7 nitrogen and oxygen atoms in total. The Morgan fingerprint density at radius 2 is 2.03 bits per heavy atom. The summed E-state index contributed by atoms with van der Waals surface area (Å²) in [4.78, 5) is 24.8. The Balaban J connectivity index is 1.85. The minimum Gasteiger partial charge on any atom is -0.497 e. The van der Waals surface area contributed by atoms with E-state index in [9.17, 15) is 4.79 Å². The van der Waals surface area contributed by atoms with Gasteiger partial charge in [0.05, 0.1) is 31.2 Å². The number of likely N-dealkylation sites (tertiary alicyclic amines) is 1. The molecule has 0 bridgehead atoms. The van der Waals surface area contributed by atoms with Crippen LogP contribution in [0.15, 0.2) is 36.5 Å². The molecule has 1 saturated heterocycles. The van der Waals surface area contributed by atoms with E-state index in [1.165, 1.54) is 0 Å². The van der Waals surface area contributed by atoms with E-state index < -0.39 is 0 Å². The zero-order valence-electron chi connectivity index (χ0n) is 19.1. The maximum atomic E-state index is 13.7. The van der Waals surface area contributed by atoms with E-state index in [0.29, 0.717) is 34.1 Å². The molecule has 4 rings (SSSR count). The number of amides is 1. The number of benzene rings is 1. The number of aromatic nitrogens is 2. The molecule has 1 amide bonds. The highest BCUT2D eigenvalue weighted by Gasteiger charge is 2.29. The summed E-state index contributed by atoms with van der Waals surface area (Å²) in [5.74, 6) is 1.34. The molecule has 7 heteroatoms. The van der Waals surface area contributed by atoms with Crippen molar-refractivity contribution in [3.63, 3.8) is 0 Å². The Kier molecular flexibility index (Phi) is 6.44. The molecule has 0 spiro atoms. The van der Waals surface area contributed by atoms with Crippen molar-refractivity contribution in [3.8, 4) is 11.5 Å². The lowest BCUT2D eigenvalue weighted by Gasteiger charge is -2.35. The summed E-state index contributed by atoms with van der Waals surface area (Å²) in [5, 5.41) is 4.24. The van der Waals surface area contributed by atoms with Gasteiger partial charge in [-0.1, -0.05) is 6.92 Å². The summed E-state index contributed by atoms with van der Waals surface area (Å²) < 4.78 is 11.0. The van der Waals surface area contributed by atoms with Gasteiger partial charge in [0.25, 0.3) is 5.91 Å². The van der Waals surface area contributed by atoms with Crippen molar-refractivity contribution in [2.75, 3.05) is 26.1 Å². The summed E-state index contributed by atoms with van der Waals surface area (Å²) in [6.07, 6.45) is 5.81. The van der Waals surface area contributed by atoms with Gasteiger partial charge in [-0.05, 0) is 56.9 Å². The fraction of sp³-hybridized carbons (Fsp3) is 0.400. The topological polar surface area (TPSA) is 76.6 Å². The molecule has 3 aromatic rings. The molecule has 1 N–H and O–H groups in total. The van der Waals surface area contributed by atoms with Crippen molar-refractivity contribution in [2.45, 2.75) is 45.6 Å². The fourth-order valence-electron chi connectivity index (χ4n) is 4.36. The Labute approximate surface area is 188 Å². The number of nitrogens with one attached hydrogen (secondary N) is 1. The summed E-state index contributed by atoms with van der Waals surface area (Å²) >= 11 is 0. The van der Waals surface area contributed by atoms with Gasteiger partial charge in [-0.25, -0.2) is 9.97 Å². The lowest BCUT2D eigenvalue weighted by Crippen LogP contribution is -2.43. The van der Waals surface area contributed by atoms with Crippen LogP contribution in [0.1, 0.15) is 48.7 Å². The minimum absolute atomic E-state index is 0.00381. The number of carbonyl (C=O) groups excluding carboxylic acids is 1. The number of piperidine rings is 1. The van der Waals surface area contributed by atoms with E-state index >= 15 is 0 Å². The number of rotatable bonds is 6. The zero-order valence-corrected chi connectivity index (χ0v) is 19.1. The second-order valence-electron chi connectivity index (χ2n) is 8.12. The first kappa shape index (κ1) is 21.9. The van der Waals surface area contributed by atoms with E-state index in [0.717, 1.165) is 43.3 Å². The number of carbonyl (C=O) groups is 1. The normalized spacial score (nSPS) is 16.1. The van der Waals surface area contributed by atoms with Crippen LogP contribution >= 0.6 is 0 Å². The van der Waals surface area contributed by atoms with Gasteiger partial charge in [0.2, 0.25) is 0 Å². The van der Waals surface area contributed by atoms with Gasteiger partial charge in [-0.15, -0.1) is 0 Å². The number of hydrogen-bond acceptors (Lipinski definition) is 6. The molecule has 1 aromatic carbocycles. The molecular formula is C25H30N4O3. The van der Waals surface area contributed by atoms with Crippen LogP contribution in [0.3, 0.4) is 0 Å². The number of nitrogens with zero attached hydrogens (tertiary/aromatic N) is 3. The Hall–Kier alpha value is -3.35. The molecule has 2 aromatic heterocycles. The quantitative estimate of drug-likeness (QED) is 0.581. The van der Waals surface area contributed by atoms with E-state index in [1.54, 1.807) is 20.4 Å². The second kappa shape index (κ2) is 9.42. The number of hydrogen-bond donors (Lipinski definition) is 1. The summed E-state index contributed by atoms with van der Waals surface area (Å²) in [6, 6.07) is 9.68. The maximum Gasteiger partial charge on any atom is 0.257 e. The maximum absolute atomic E-state index is 13.7. The van der Waals surface area contributed by atoms with Crippen molar-refractivity contribution in [2.24, 2.45) is 0 Å². The van der Waals surface area contributed by atoms with Crippen molar-refractivity contribution < 1.29 is 14.3 Å². The lowest BCUT2D eigenvalue weighted by molar-refractivity contribution is 0.0609. The Morgan fingerprint density at radius 1 is 1.19 bits per heavy atom. The van der Waals surface area contributed by atoms with Gasteiger partial charge in [-0.3, -0.25) is 4.79 Å². The highest BCUT2D eigenvalue weighted by atomic mass is 16.5. The predicted molar refractivity (Wildman–Crippen MR) is 126 cm³/mol. The largest absolute Gasteiger partial charge is 0.497 e. The van der Waals surface area contributed by atoms with Crippen LogP contribution in [0.2, 0.25) is 0 Å². The third-order valence-corrected chi connectivity index (χ3v) is 6.12. The van der Waals surface area contributed by atoms with E-state index in [-0.39, 0.29) is 11.9 Å². The highest BCUT2D eigenvalue weighted by molar-refractivity contribution is 6.07. The third kappa shape index (κ3) is 4.20. The molecule has 0 radical (unpaired) electrons. The fourth-order valence-corrected chi connectivity index (χ4v) is 4.36. The number of methoxy groups -OCH3 is 2. The molecule has 1 aliphatic rings. The van der Waals surface area contributed by atoms with Gasteiger partial charge in [-0.2, -0.15) is 0 Å². The molecular weight excluding hydrogens is 404 g/mol. The lowest BCUT2D eigenvalue weighted by atomic mass is 9.98. The average Bonchev–Trinajstić information content (AvgIpc) is 2.83. The van der Waals surface area contributed by atoms with E-state index in [2.05, 4.69) is 22.2 Å². The van der Waals surface area contributed by atoms with Crippen LogP contribution in [0.25, 0.3) is 11.0 Å². The molecule has 1 fully saturated rings. The van der Waals surface area contributed by atoms with Crippen LogP contribution in [0.5, 0.6) is 11.5 Å². The van der Waals surface area contributed by atoms with Crippen LogP contribution in [0.4, 0.5) is 11.4 Å². The molecule has 1 atom stereocenters. The number of anilines is 2. The van der Waals surface area contributed by atoms with Gasteiger partial charge in [0.15, 0.2) is 5.65 Å². The molecule has 168 valence electrons. The monoisotopic (exact) mass is 434 g/mol. The van der Waals surface area contributed by atoms with Crippen molar-refractivity contribution >= 4 is 28.3 Å². The first-order valence-corrected chi connectivity index (χ1v) is 11.1. The number of ether oxygens (including phenoxy) is 2. The SMILES string of the molecule is CC[C@H]1CCCCN1C(=O)c1cnc2nc(C)ccc2c1Nc1cc(OC)ccc1OC. The van der Waals surface area contributed by atoms with Gasteiger partial charge in [0, 0.05) is 35.9 Å². The molecule has 1 aliphatic heterocycles. The van der Waals surface area contributed by atoms with Crippen LogP contribution in [-0.2, 0) is 0 Å². The minimum atomic E-state index is -0.00381. The standard InChI is InChI=1S/C25H30N4O3/c1-5-17-8-6-7-13-29(17)25(30)20-15-26-24-19(11-9-16(2)27-24)23(20)28-21-14-18(31-3)10-12-22(21)32-4/h9-12,14-15,17H,5-8,13H2,1-4H3,(H,26,27,28)/t17-/m0/s1. The summed E-state index contributed by atoms with van der Waals surface area (Å²) in [6.45, 7) is 4.84. The zero-order chi connectivity index (χ0) is 22.7. The van der Waals surface area contributed by atoms with Gasteiger partial charge >= 0.3 is 0 Å². The van der Waals surface area contributed by atoms with Gasteiger partial charge in [0.1, 0.15) is 11.5 Å². The van der Waals surface area contributed by atoms with Crippen LogP contribution in [0, 0.1) is 6.92 Å². The second-order valence-corrected chi connectivity index (χ2v) is 8.12. The summed E-state index contributed by atoms with van der Waals surface area (Å²) in [7, 11) is 3.24. The third-order valence-electron chi connectivity index (χ3n) is 6.12. The smallest absolute Gasteiger partial charge is 0.257 e. The first-order chi connectivity index (χ1) is 15.5. The van der Waals surface area contributed by atoms with Crippen LogP contribution < -0.4 is 14.8 Å². The van der Waals surface area contributed by atoms with Gasteiger partial charge < -0.3 is 19.7 Å². The number of aryl methyl sites for hydroxylation is 1. The predicted octanol–water partition coefficient (Wildman–Crippen LogP) is 5.10. The van der Waals surface area contributed by atoms with Crippen molar-refractivity contribution in [1.29, 1.82) is 0 Å². The van der Waals surface area contributed by atoms with Crippen LogP contribution in [-0.4, -0.2) is 47.6 Å².